The van der Waals surface area contributed by atoms with E-state index in [2.05, 4.69) is 5.32 Å². The van der Waals surface area contributed by atoms with Crippen LogP contribution in [0.5, 0.6) is 0 Å². The minimum atomic E-state index is -1.09. The molecule has 1 aliphatic rings. The van der Waals surface area contributed by atoms with Gasteiger partial charge in [-0.15, -0.1) is 0 Å². The highest BCUT2D eigenvalue weighted by atomic mass is 16.6. The lowest BCUT2D eigenvalue weighted by Gasteiger charge is -2.28. The molecule has 0 spiro atoms. The van der Waals surface area contributed by atoms with Crippen LogP contribution < -0.4 is 10.2 Å². The predicted molar refractivity (Wildman–Crippen MR) is 137 cm³/mol. The van der Waals surface area contributed by atoms with Gasteiger partial charge in [0.05, 0.1) is 6.61 Å². The first-order valence-electron chi connectivity index (χ1n) is 12.4. The highest BCUT2D eigenvalue weighted by Crippen LogP contribution is 2.34. The van der Waals surface area contributed by atoms with E-state index in [-0.39, 0.29) is 32.0 Å². The molecular weight excluding hydrogens is 476 g/mol. The Hall–Kier alpha value is -3.88. The van der Waals surface area contributed by atoms with Crippen molar-refractivity contribution in [3.63, 3.8) is 0 Å². The highest BCUT2D eigenvalue weighted by molar-refractivity contribution is 6.02. The van der Waals surface area contributed by atoms with Gasteiger partial charge in [0.1, 0.15) is 24.3 Å². The van der Waals surface area contributed by atoms with E-state index in [1.165, 1.54) is 4.90 Å². The number of carbonyl (C=O) groups excluding carboxylic acids is 4. The van der Waals surface area contributed by atoms with Gasteiger partial charge in [-0.05, 0) is 51.3 Å². The van der Waals surface area contributed by atoms with E-state index in [1.807, 2.05) is 42.5 Å². The van der Waals surface area contributed by atoms with Crippen LogP contribution >= 0.6 is 0 Å². The second-order valence-corrected chi connectivity index (χ2v) is 9.70. The lowest BCUT2D eigenvalue weighted by atomic mass is 10.1. The molecule has 0 unspecified atom stereocenters. The molecule has 0 radical (unpaired) electrons. The van der Waals surface area contributed by atoms with Gasteiger partial charge in [-0.1, -0.05) is 48.5 Å². The first-order chi connectivity index (χ1) is 17.6. The van der Waals surface area contributed by atoms with Gasteiger partial charge in [0.15, 0.2) is 0 Å². The minimum Gasteiger partial charge on any atom is -0.464 e. The molecule has 0 saturated carbocycles. The Bertz CT molecular complexity index is 1110. The summed E-state index contributed by atoms with van der Waals surface area (Å²) in [4.78, 5) is 52.7. The first-order valence-corrected chi connectivity index (χ1v) is 12.4. The third-order valence-corrected chi connectivity index (χ3v) is 5.65. The largest absolute Gasteiger partial charge is 0.464 e. The van der Waals surface area contributed by atoms with Crippen molar-refractivity contribution in [3.8, 4) is 0 Å². The van der Waals surface area contributed by atoms with E-state index in [4.69, 9.17) is 14.2 Å². The zero-order valence-corrected chi connectivity index (χ0v) is 21.7. The summed E-state index contributed by atoms with van der Waals surface area (Å²) in [5.41, 5.74) is 1.57. The number of hydrogen-bond donors (Lipinski definition) is 1. The van der Waals surface area contributed by atoms with Crippen molar-refractivity contribution < 1.29 is 33.4 Å². The van der Waals surface area contributed by atoms with Gasteiger partial charge >= 0.3 is 18.0 Å². The first kappa shape index (κ1) is 27.7. The van der Waals surface area contributed by atoms with E-state index in [0.29, 0.717) is 12.1 Å². The predicted octanol–water partition coefficient (Wildman–Crippen LogP) is 3.92. The normalized spacial score (nSPS) is 15.4. The molecule has 1 aliphatic heterocycles. The number of fused-ring (bicyclic) bond motifs is 1. The SMILES string of the molecule is CCOC(=O)[C@@H](CCC(=O)N1c2ccccc2C[C@H]1C(=O)OC(C)(C)C)NC(=O)OCc1ccccc1. The van der Waals surface area contributed by atoms with Crippen molar-refractivity contribution in [2.75, 3.05) is 11.5 Å². The van der Waals surface area contributed by atoms with Crippen LogP contribution in [-0.2, 0) is 41.6 Å². The van der Waals surface area contributed by atoms with Gasteiger partial charge in [0.25, 0.3) is 0 Å². The Morgan fingerprint density at radius 2 is 1.68 bits per heavy atom. The Morgan fingerprint density at radius 1 is 1.00 bits per heavy atom. The van der Waals surface area contributed by atoms with Crippen LogP contribution in [0.3, 0.4) is 0 Å². The third kappa shape index (κ3) is 7.80. The van der Waals surface area contributed by atoms with Crippen LogP contribution in [0.2, 0.25) is 0 Å². The number of para-hydroxylation sites is 1. The summed E-state index contributed by atoms with van der Waals surface area (Å²) >= 11 is 0. The molecule has 198 valence electrons. The molecule has 3 rings (SSSR count). The highest BCUT2D eigenvalue weighted by Gasteiger charge is 2.40. The van der Waals surface area contributed by atoms with Crippen LogP contribution in [0.15, 0.2) is 54.6 Å². The summed E-state index contributed by atoms with van der Waals surface area (Å²) in [5.74, 6) is -1.53. The molecule has 0 aliphatic carbocycles. The molecule has 0 fully saturated rings. The van der Waals surface area contributed by atoms with Gasteiger partial charge in [-0.3, -0.25) is 9.69 Å². The monoisotopic (exact) mass is 510 g/mol. The van der Waals surface area contributed by atoms with Crippen LogP contribution in [0.1, 0.15) is 51.7 Å². The average Bonchev–Trinajstić information content (AvgIpc) is 3.25. The molecular formula is C28H34N2O7. The van der Waals surface area contributed by atoms with Crippen LogP contribution in [-0.4, -0.2) is 48.2 Å². The number of nitrogens with zero attached hydrogens (tertiary/aromatic N) is 1. The van der Waals surface area contributed by atoms with E-state index in [1.54, 1.807) is 39.8 Å². The molecule has 0 saturated heterocycles. The van der Waals surface area contributed by atoms with Gasteiger partial charge in [0, 0.05) is 18.5 Å². The number of rotatable bonds is 9. The number of esters is 2. The van der Waals surface area contributed by atoms with Crippen molar-refractivity contribution >= 4 is 29.6 Å². The summed E-state index contributed by atoms with van der Waals surface area (Å²) in [7, 11) is 0. The van der Waals surface area contributed by atoms with E-state index >= 15 is 0 Å². The zero-order chi connectivity index (χ0) is 27.0. The Kier molecular flexibility index (Phi) is 9.27. The van der Waals surface area contributed by atoms with E-state index in [9.17, 15) is 19.2 Å². The summed E-state index contributed by atoms with van der Waals surface area (Å²) in [6.07, 6.45) is -0.608. The summed E-state index contributed by atoms with van der Waals surface area (Å²) in [5, 5.41) is 2.50. The fourth-order valence-electron chi connectivity index (χ4n) is 4.04. The number of anilines is 1. The van der Waals surface area contributed by atoms with Gasteiger partial charge in [0.2, 0.25) is 5.91 Å². The number of hydrogen-bond acceptors (Lipinski definition) is 7. The minimum absolute atomic E-state index is 0.0300. The number of benzene rings is 2. The molecule has 2 amide bonds. The second kappa shape index (κ2) is 12.4. The fraction of sp³-hybridized carbons (Fsp3) is 0.429. The molecule has 1 heterocycles. The van der Waals surface area contributed by atoms with E-state index in [0.717, 1.165) is 11.1 Å². The molecule has 9 heteroatoms. The van der Waals surface area contributed by atoms with E-state index < -0.39 is 35.7 Å². The molecule has 0 bridgehead atoms. The number of ether oxygens (including phenoxy) is 3. The summed E-state index contributed by atoms with van der Waals surface area (Å²) in [6, 6.07) is 14.5. The molecule has 1 N–H and O–H groups in total. The standard InChI is InChI=1S/C28H34N2O7/c1-5-35-25(32)21(29-27(34)36-18-19-11-7-6-8-12-19)15-16-24(31)30-22-14-10-9-13-20(22)17-23(30)26(33)37-28(2,3)4/h6-14,21,23H,5,15-18H2,1-4H3,(H,29,34)/t21-,23+/m1/s1. The Balaban J connectivity index is 1.68. The fourth-order valence-corrected chi connectivity index (χ4v) is 4.04. The Morgan fingerprint density at radius 3 is 2.35 bits per heavy atom. The summed E-state index contributed by atoms with van der Waals surface area (Å²) in [6.45, 7) is 7.11. The molecule has 2 aromatic rings. The van der Waals surface area contributed by atoms with Crippen molar-refractivity contribution in [1.29, 1.82) is 0 Å². The van der Waals surface area contributed by atoms with Crippen molar-refractivity contribution in [2.24, 2.45) is 0 Å². The lowest BCUT2D eigenvalue weighted by molar-refractivity contribution is -0.157. The van der Waals surface area contributed by atoms with Gasteiger partial charge in [-0.2, -0.15) is 0 Å². The number of nitrogens with one attached hydrogen (secondary N) is 1. The number of amides is 2. The molecule has 0 aromatic heterocycles. The molecule has 2 aromatic carbocycles. The number of carbonyl (C=O) groups is 4. The summed E-state index contributed by atoms with van der Waals surface area (Å²) < 4.78 is 15.9. The smallest absolute Gasteiger partial charge is 0.408 e. The zero-order valence-electron chi connectivity index (χ0n) is 21.7. The molecule has 2 atom stereocenters. The van der Waals surface area contributed by atoms with Crippen LogP contribution in [0, 0.1) is 0 Å². The quantitative estimate of drug-likeness (QED) is 0.402. The molecule has 9 nitrogen and oxygen atoms in total. The third-order valence-electron chi connectivity index (χ3n) is 5.65. The topological polar surface area (TPSA) is 111 Å². The molecule has 37 heavy (non-hydrogen) atoms. The van der Waals surface area contributed by atoms with Crippen LogP contribution in [0.25, 0.3) is 0 Å². The maximum atomic E-state index is 13.4. The van der Waals surface area contributed by atoms with Crippen molar-refractivity contribution in [2.45, 2.75) is 71.2 Å². The maximum Gasteiger partial charge on any atom is 0.408 e. The lowest BCUT2D eigenvalue weighted by Crippen LogP contribution is -2.47. The van der Waals surface area contributed by atoms with Crippen molar-refractivity contribution in [1.82, 2.24) is 5.32 Å². The second-order valence-electron chi connectivity index (χ2n) is 9.70. The number of alkyl carbamates (subject to hydrolysis) is 1. The van der Waals surface area contributed by atoms with Gasteiger partial charge < -0.3 is 19.5 Å². The average molecular weight is 511 g/mol. The van der Waals surface area contributed by atoms with Crippen LogP contribution in [0.4, 0.5) is 10.5 Å². The van der Waals surface area contributed by atoms with Gasteiger partial charge in [-0.25, -0.2) is 14.4 Å². The maximum absolute atomic E-state index is 13.4. The van der Waals surface area contributed by atoms with Crippen molar-refractivity contribution in [3.05, 3.63) is 65.7 Å². The Labute approximate surface area is 217 Å².